The van der Waals surface area contributed by atoms with E-state index in [0.717, 1.165) is 0 Å². The SMILES string of the molecule is CC1(C(=O)O)CCCN(C(=O)CC2CS(=O)(=O)CCN2)C1. The largest absolute Gasteiger partial charge is 0.481 e. The second-order valence-electron chi connectivity index (χ2n) is 6.25. The first-order valence-corrected chi connectivity index (χ1v) is 8.99. The van der Waals surface area contributed by atoms with Crippen LogP contribution < -0.4 is 5.32 Å². The molecule has 2 atom stereocenters. The molecule has 2 fully saturated rings. The van der Waals surface area contributed by atoms with Gasteiger partial charge in [-0.25, -0.2) is 8.42 Å². The van der Waals surface area contributed by atoms with E-state index < -0.39 is 21.2 Å². The maximum Gasteiger partial charge on any atom is 0.311 e. The first-order chi connectivity index (χ1) is 9.72. The number of aliphatic carboxylic acids is 1. The maximum absolute atomic E-state index is 12.3. The summed E-state index contributed by atoms with van der Waals surface area (Å²) in [6.07, 6.45) is 1.32. The van der Waals surface area contributed by atoms with Crippen molar-refractivity contribution in [3.63, 3.8) is 0 Å². The fourth-order valence-corrected chi connectivity index (χ4v) is 4.41. The van der Waals surface area contributed by atoms with Gasteiger partial charge in [0, 0.05) is 32.1 Å². The molecule has 2 saturated heterocycles. The van der Waals surface area contributed by atoms with Crippen LogP contribution in [0.1, 0.15) is 26.2 Å². The number of hydrogen-bond donors (Lipinski definition) is 2. The Labute approximate surface area is 124 Å². The minimum atomic E-state index is -3.07. The Morgan fingerprint density at radius 2 is 2.14 bits per heavy atom. The summed E-state index contributed by atoms with van der Waals surface area (Å²) in [6, 6.07) is -0.366. The quantitative estimate of drug-likeness (QED) is 0.725. The van der Waals surface area contributed by atoms with Gasteiger partial charge in [0.1, 0.15) is 0 Å². The van der Waals surface area contributed by atoms with Gasteiger partial charge >= 0.3 is 5.97 Å². The van der Waals surface area contributed by atoms with Gasteiger partial charge < -0.3 is 15.3 Å². The zero-order valence-electron chi connectivity index (χ0n) is 12.2. The van der Waals surface area contributed by atoms with E-state index >= 15 is 0 Å². The van der Waals surface area contributed by atoms with Crippen LogP contribution >= 0.6 is 0 Å². The van der Waals surface area contributed by atoms with Crippen molar-refractivity contribution in [2.24, 2.45) is 5.41 Å². The van der Waals surface area contributed by atoms with Gasteiger partial charge in [0.2, 0.25) is 5.91 Å². The molecule has 2 unspecified atom stereocenters. The van der Waals surface area contributed by atoms with Crippen LogP contribution in [0.25, 0.3) is 0 Å². The molecule has 2 rings (SSSR count). The van der Waals surface area contributed by atoms with Crippen molar-refractivity contribution in [3.05, 3.63) is 0 Å². The first kappa shape index (κ1) is 16.2. The summed E-state index contributed by atoms with van der Waals surface area (Å²) in [7, 11) is -3.07. The molecule has 0 aromatic rings. The Bertz CT molecular complexity index is 533. The molecule has 21 heavy (non-hydrogen) atoms. The highest BCUT2D eigenvalue weighted by atomic mass is 32.2. The van der Waals surface area contributed by atoms with Crippen molar-refractivity contribution in [3.8, 4) is 0 Å². The number of hydrogen-bond acceptors (Lipinski definition) is 5. The highest BCUT2D eigenvalue weighted by molar-refractivity contribution is 7.91. The number of sulfone groups is 1. The van der Waals surface area contributed by atoms with E-state index in [1.54, 1.807) is 11.8 Å². The molecule has 2 N–H and O–H groups in total. The van der Waals surface area contributed by atoms with Crippen LogP contribution in [-0.2, 0) is 19.4 Å². The molecule has 1 amide bonds. The van der Waals surface area contributed by atoms with Crippen molar-refractivity contribution < 1.29 is 23.1 Å². The summed E-state index contributed by atoms with van der Waals surface area (Å²) in [5, 5.41) is 12.3. The van der Waals surface area contributed by atoms with Crippen LogP contribution in [0.2, 0.25) is 0 Å². The Morgan fingerprint density at radius 1 is 1.43 bits per heavy atom. The third-order valence-electron chi connectivity index (χ3n) is 4.29. The molecule has 120 valence electrons. The number of amides is 1. The van der Waals surface area contributed by atoms with Crippen LogP contribution in [0, 0.1) is 5.41 Å². The second kappa shape index (κ2) is 5.92. The number of carbonyl (C=O) groups is 2. The van der Waals surface area contributed by atoms with Crippen LogP contribution in [0.3, 0.4) is 0 Å². The third-order valence-corrected chi connectivity index (χ3v) is 6.02. The molecular formula is C13H22N2O5S. The number of carbonyl (C=O) groups excluding carboxylic acids is 1. The van der Waals surface area contributed by atoms with Crippen molar-refractivity contribution in [1.29, 1.82) is 0 Å². The van der Waals surface area contributed by atoms with Gasteiger partial charge in [-0.05, 0) is 19.8 Å². The van der Waals surface area contributed by atoms with Gasteiger partial charge in [0.05, 0.1) is 16.9 Å². The molecule has 2 aliphatic rings. The van der Waals surface area contributed by atoms with Crippen molar-refractivity contribution in [2.75, 3.05) is 31.1 Å². The third kappa shape index (κ3) is 3.94. The molecule has 0 saturated carbocycles. The number of likely N-dealkylation sites (tertiary alicyclic amines) is 1. The molecule has 2 aliphatic heterocycles. The first-order valence-electron chi connectivity index (χ1n) is 7.17. The summed E-state index contributed by atoms with van der Waals surface area (Å²) in [6.45, 7) is 2.76. The normalized spacial score (nSPS) is 32.6. The smallest absolute Gasteiger partial charge is 0.311 e. The zero-order valence-corrected chi connectivity index (χ0v) is 13.0. The fraction of sp³-hybridized carbons (Fsp3) is 0.846. The second-order valence-corrected chi connectivity index (χ2v) is 8.48. The van der Waals surface area contributed by atoms with E-state index in [-0.39, 0.29) is 36.4 Å². The number of nitrogens with zero attached hydrogens (tertiary/aromatic N) is 1. The highest BCUT2D eigenvalue weighted by Gasteiger charge is 2.39. The van der Waals surface area contributed by atoms with Crippen molar-refractivity contribution >= 4 is 21.7 Å². The molecule has 7 nitrogen and oxygen atoms in total. The molecule has 0 aromatic carbocycles. The number of rotatable bonds is 3. The molecule has 0 aliphatic carbocycles. The Morgan fingerprint density at radius 3 is 2.76 bits per heavy atom. The maximum atomic E-state index is 12.3. The summed E-state index contributed by atoms with van der Waals surface area (Å²) in [5.41, 5.74) is -0.903. The number of carboxylic acid groups (broad SMARTS) is 1. The van der Waals surface area contributed by atoms with Crippen LogP contribution in [-0.4, -0.2) is 67.5 Å². The predicted octanol–water partition coefficient (Wildman–Crippen LogP) is -0.524. The van der Waals surface area contributed by atoms with Gasteiger partial charge in [0.25, 0.3) is 0 Å². The van der Waals surface area contributed by atoms with Crippen molar-refractivity contribution in [2.45, 2.75) is 32.2 Å². The molecule has 0 spiro atoms. The lowest BCUT2D eigenvalue weighted by Gasteiger charge is -2.38. The number of carboxylic acids is 1. The van der Waals surface area contributed by atoms with Gasteiger partial charge in [-0.1, -0.05) is 0 Å². The lowest BCUT2D eigenvalue weighted by Crippen LogP contribution is -2.51. The monoisotopic (exact) mass is 318 g/mol. The standard InChI is InChI=1S/C13H22N2O5S/c1-13(12(17)18)3-2-5-15(9-13)11(16)7-10-8-21(19,20)6-4-14-10/h10,14H,2-9H2,1H3,(H,17,18). The van der Waals surface area contributed by atoms with Gasteiger partial charge in [-0.15, -0.1) is 0 Å². The molecular weight excluding hydrogens is 296 g/mol. The van der Waals surface area contributed by atoms with E-state index in [2.05, 4.69) is 5.32 Å². The molecule has 0 bridgehead atoms. The van der Waals surface area contributed by atoms with E-state index in [1.165, 1.54) is 0 Å². The summed E-state index contributed by atoms with van der Waals surface area (Å²) in [4.78, 5) is 25.1. The van der Waals surface area contributed by atoms with E-state index in [0.29, 0.717) is 25.9 Å². The zero-order chi connectivity index (χ0) is 15.7. The molecule has 8 heteroatoms. The Balaban J connectivity index is 1.95. The Kier molecular flexibility index (Phi) is 4.57. The van der Waals surface area contributed by atoms with Crippen LogP contribution in [0.5, 0.6) is 0 Å². The molecule has 0 aromatic heterocycles. The lowest BCUT2D eigenvalue weighted by molar-refractivity contribution is -0.153. The fourth-order valence-electron chi connectivity index (χ4n) is 2.97. The minimum absolute atomic E-state index is 0.0250. The molecule has 2 heterocycles. The van der Waals surface area contributed by atoms with E-state index in [4.69, 9.17) is 0 Å². The lowest BCUT2D eigenvalue weighted by atomic mass is 9.82. The number of nitrogens with one attached hydrogen (secondary N) is 1. The summed E-state index contributed by atoms with van der Waals surface area (Å²) < 4.78 is 23.1. The van der Waals surface area contributed by atoms with Crippen molar-refractivity contribution in [1.82, 2.24) is 10.2 Å². The average molecular weight is 318 g/mol. The van der Waals surface area contributed by atoms with E-state index in [9.17, 15) is 23.1 Å². The van der Waals surface area contributed by atoms with Gasteiger partial charge in [-0.2, -0.15) is 0 Å². The van der Waals surface area contributed by atoms with E-state index in [1.807, 2.05) is 0 Å². The predicted molar refractivity (Wildman–Crippen MR) is 76.6 cm³/mol. The summed E-state index contributed by atoms with van der Waals surface area (Å²) >= 11 is 0. The number of piperidine rings is 1. The topological polar surface area (TPSA) is 104 Å². The van der Waals surface area contributed by atoms with Crippen LogP contribution in [0.4, 0.5) is 0 Å². The van der Waals surface area contributed by atoms with Gasteiger partial charge in [-0.3, -0.25) is 9.59 Å². The summed E-state index contributed by atoms with van der Waals surface area (Å²) in [5.74, 6) is -0.975. The molecule has 0 radical (unpaired) electrons. The average Bonchev–Trinajstić information content (AvgIpc) is 2.37. The van der Waals surface area contributed by atoms with Crippen LogP contribution in [0.15, 0.2) is 0 Å². The Hall–Kier alpha value is -1.15. The minimum Gasteiger partial charge on any atom is -0.481 e. The van der Waals surface area contributed by atoms with Gasteiger partial charge in [0.15, 0.2) is 9.84 Å². The highest BCUT2D eigenvalue weighted by Crippen LogP contribution is 2.30.